The van der Waals surface area contributed by atoms with Crippen molar-refractivity contribution < 1.29 is 23.7 Å². The van der Waals surface area contributed by atoms with Crippen molar-refractivity contribution >= 4 is 23.4 Å². The molecule has 3 N–H and O–H groups in total. The molecule has 11 nitrogen and oxygen atoms in total. The van der Waals surface area contributed by atoms with Gasteiger partial charge in [0.25, 0.3) is 5.56 Å². The minimum absolute atomic E-state index is 0.0104. The number of benzene rings is 1. The number of rotatable bonds is 6. The Hall–Kier alpha value is -3.12. The van der Waals surface area contributed by atoms with E-state index in [1.54, 1.807) is 4.57 Å². The van der Waals surface area contributed by atoms with E-state index in [0.717, 1.165) is 11.8 Å². The van der Waals surface area contributed by atoms with Gasteiger partial charge in [-0.25, -0.2) is 4.98 Å². The third kappa shape index (κ3) is 3.79. The molecule has 2 aliphatic heterocycles. The number of imidazole rings is 1. The number of hydrogen-bond acceptors (Lipinski definition) is 9. The molecule has 2 saturated heterocycles. The summed E-state index contributed by atoms with van der Waals surface area (Å²) in [5, 5.41) is 0. The smallest absolute Gasteiger partial charge is 0.280 e. The standard InChI is InChI=1S/C21H23N5O6/c22-21-24-18-15(19(28)25-21)23-11-26(18)13-9-30-14-10-31-20(12-5-2-1-3-6-12)32-17(14)16(13)29-8-4-7-27/h1-3,5-7,11,13-14,16-17,20H,4,8-10H2,(H3,22,24,25,28)/t13-,14-,16+,17-,20?/m1/s1. The largest absolute Gasteiger partial charge is 0.373 e. The molecule has 0 saturated carbocycles. The second-order valence-electron chi connectivity index (χ2n) is 7.68. The lowest BCUT2D eigenvalue weighted by Crippen LogP contribution is -2.57. The lowest BCUT2D eigenvalue weighted by molar-refractivity contribution is -0.311. The Bertz CT molecular complexity index is 1150. The molecule has 32 heavy (non-hydrogen) atoms. The van der Waals surface area contributed by atoms with Crippen LogP contribution in [0, 0.1) is 0 Å². The Balaban J connectivity index is 1.49. The van der Waals surface area contributed by atoms with Gasteiger partial charge >= 0.3 is 0 Å². The van der Waals surface area contributed by atoms with E-state index in [1.807, 2.05) is 30.3 Å². The predicted molar refractivity (Wildman–Crippen MR) is 112 cm³/mol. The van der Waals surface area contributed by atoms with Crippen LogP contribution in [-0.2, 0) is 23.7 Å². The number of anilines is 1. The third-order valence-corrected chi connectivity index (χ3v) is 5.67. The summed E-state index contributed by atoms with van der Waals surface area (Å²) in [7, 11) is 0. The predicted octanol–water partition coefficient (Wildman–Crippen LogP) is 0.730. The second-order valence-corrected chi connectivity index (χ2v) is 7.68. The van der Waals surface area contributed by atoms with Crippen molar-refractivity contribution in [3.8, 4) is 0 Å². The molecule has 168 valence electrons. The molecular formula is C21H23N5O6. The zero-order chi connectivity index (χ0) is 22.1. The highest BCUT2D eigenvalue weighted by atomic mass is 16.7. The average Bonchev–Trinajstić information content (AvgIpc) is 3.23. The molecular weight excluding hydrogens is 418 g/mol. The number of nitrogens with one attached hydrogen (secondary N) is 1. The van der Waals surface area contributed by atoms with E-state index in [2.05, 4.69) is 15.0 Å². The molecule has 2 aliphatic rings. The number of fused-ring (bicyclic) bond motifs is 2. The molecule has 0 aliphatic carbocycles. The van der Waals surface area contributed by atoms with Crippen LogP contribution in [0.15, 0.2) is 41.5 Å². The van der Waals surface area contributed by atoms with Gasteiger partial charge in [0.15, 0.2) is 17.5 Å². The van der Waals surface area contributed by atoms with Crippen molar-refractivity contribution in [1.82, 2.24) is 19.5 Å². The number of carbonyl (C=O) groups excluding carboxylic acids is 1. The monoisotopic (exact) mass is 441 g/mol. The molecule has 5 atom stereocenters. The van der Waals surface area contributed by atoms with Crippen LogP contribution in [-0.4, -0.2) is 63.9 Å². The van der Waals surface area contributed by atoms with Gasteiger partial charge in [0, 0.05) is 12.0 Å². The Morgan fingerprint density at radius 1 is 1.25 bits per heavy atom. The molecule has 0 spiro atoms. The zero-order valence-corrected chi connectivity index (χ0v) is 17.1. The number of ether oxygens (including phenoxy) is 4. The number of aromatic nitrogens is 4. The topological polar surface area (TPSA) is 144 Å². The normalized spacial score (nSPS) is 27.8. The molecule has 3 aromatic rings. The first-order valence-electron chi connectivity index (χ1n) is 10.4. The molecule has 2 fully saturated rings. The third-order valence-electron chi connectivity index (χ3n) is 5.67. The van der Waals surface area contributed by atoms with Crippen molar-refractivity contribution in [2.45, 2.75) is 37.1 Å². The maximum atomic E-state index is 12.2. The summed E-state index contributed by atoms with van der Waals surface area (Å²) in [6, 6.07) is 9.20. The van der Waals surface area contributed by atoms with Gasteiger partial charge in [0.05, 0.1) is 32.2 Å². The number of nitrogens with two attached hydrogens (primary N) is 1. The van der Waals surface area contributed by atoms with Crippen LogP contribution in [0.3, 0.4) is 0 Å². The van der Waals surface area contributed by atoms with Gasteiger partial charge in [-0.2, -0.15) is 4.98 Å². The van der Waals surface area contributed by atoms with Crippen LogP contribution >= 0.6 is 0 Å². The quantitative estimate of drug-likeness (QED) is 0.418. The summed E-state index contributed by atoms with van der Waals surface area (Å²) in [5.74, 6) is -0.0104. The molecule has 11 heteroatoms. The highest BCUT2D eigenvalue weighted by Gasteiger charge is 2.47. The lowest BCUT2D eigenvalue weighted by atomic mass is 9.96. The minimum Gasteiger partial charge on any atom is -0.373 e. The average molecular weight is 441 g/mol. The first-order chi connectivity index (χ1) is 15.7. The van der Waals surface area contributed by atoms with Crippen molar-refractivity contribution in [2.75, 3.05) is 25.6 Å². The summed E-state index contributed by atoms with van der Waals surface area (Å²) in [6.45, 7) is 0.812. The van der Waals surface area contributed by atoms with Crippen LogP contribution in [0.25, 0.3) is 11.2 Å². The second kappa shape index (κ2) is 8.79. The number of aldehydes is 1. The molecule has 0 amide bonds. The van der Waals surface area contributed by atoms with E-state index in [-0.39, 0.29) is 37.2 Å². The summed E-state index contributed by atoms with van der Waals surface area (Å²) >= 11 is 0. The molecule has 5 rings (SSSR count). The van der Waals surface area contributed by atoms with Crippen LogP contribution in [0.5, 0.6) is 0 Å². The van der Waals surface area contributed by atoms with Crippen LogP contribution < -0.4 is 11.3 Å². The fourth-order valence-corrected chi connectivity index (χ4v) is 4.18. The van der Waals surface area contributed by atoms with Crippen molar-refractivity contribution in [3.63, 3.8) is 0 Å². The zero-order valence-electron chi connectivity index (χ0n) is 17.1. The Labute approximate surface area is 182 Å². The number of aromatic amines is 1. The molecule has 0 radical (unpaired) electrons. The van der Waals surface area contributed by atoms with Crippen LogP contribution in [0.2, 0.25) is 0 Å². The fraction of sp³-hybridized carbons (Fsp3) is 0.429. The highest BCUT2D eigenvalue weighted by molar-refractivity contribution is 5.70. The van der Waals surface area contributed by atoms with E-state index >= 15 is 0 Å². The number of H-pyrrole nitrogens is 1. The van der Waals surface area contributed by atoms with Gasteiger partial charge in [0.2, 0.25) is 5.95 Å². The first kappa shape index (κ1) is 20.8. The van der Waals surface area contributed by atoms with Gasteiger partial charge in [-0.05, 0) is 0 Å². The van der Waals surface area contributed by atoms with Gasteiger partial charge in [-0.3, -0.25) is 9.78 Å². The maximum Gasteiger partial charge on any atom is 0.280 e. The fourth-order valence-electron chi connectivity index (χ4n) is 4.18. The van der Waals surface area contributed by atoms with Gasteiger partial charge in [-0.15, -0.1) is 0 Å². The number of nitrogens with zero attached hydrogens (tertiary/aromatic N) is 3. The van der Waals surface area contributed by atoms with Gasteiger partial charge in [0.1, 0.15) is 24.6 Å². The maximum absolute atomic E-state index is 12.2. The van der Waals surface area contributed by atoms with Crippen LogP contribution in [0.1, 0.15) is 24.3 Å². The van der Waals surface area contributed by atoms with Gasteiger partial charge < -0.3 is 34.0 Å². The van der Waals surface area contributed by atoms with Gasteiger partial charge in [-0.1, -0.05) is 30.3 Å². The van der Waals surface area contributed by atoms with Crippen molar-refractivity contribution in [1.29, 1.82) is 0 Å². The Morgan fingerprint density at radius 3 is 2.91 bits per heavy atom. The number of hydrogen-bond donors (Lipinski definition) is 2. The summed E-state index contributed by atoms with van der Waals surface area (Å²) in [5.41, 5.74) is 6.71. The van der Waals surface area contributed by atoms with Crippen molar-refractivity contribution in [3.05, 3.63) is 52.6 Å². The number of nitrogen functional groups attached to an aromatic ring is 1. The molecule has 4 heterocycles. The van der Waals surface area contributed by atoms with Crippen LogP contribution in [0.4, 0.5) is 5.95 Å². The first-order valence-corrected chi connectivity index (χ1v) is 10.4. The Morgan fingerprint density at radius 2 is 2.09 bits per heavy atom. The highest BCUT2D eigenvalue weighted by Crippen LogP contribution is 2.37. The minimum atomic E-state index is -0.576. The van der Waals surface area contributed by atoms with E-state index in [0.29, 0.717) is 12.3 Å². The summed E-state index contributed by atoms with van der Waals surface area (Å²) in [4.78, 5) is 34.0. The Kier molecular flexibility index (Phi) is 5.70. The van der Waals surface area contributed by atoms with E-state index < -0.39 is 30.1 Å². The summed E-state index contributed by atoms with van der Waals surface area (Å²) in [6.07, 6.45) is 0.676. The van der Waals surface area contributed by atoms with E-state index in [9.17, 15) is 9.59 Å². The molecule has 0 bridgehead atoms. The van der Waals surface area contributed by atoms with Crippen molar-refractivity contribution in [2.24, 2.45) is 0 Å². The molecule has 1 aromatic carbocycles. The van der Waals surface area contributed by atoms with E-state index in [4.69, 9.17) is 24.7 Å². The summed E-state index contributed by atoms with van der Waals surface area (Å²) < 4.78 is 26.1. The lowest BCUT2D eigenvalue weighted by Gasteiger charge is -2.46. The molecule has 1 unspecified atom stereocenters. The van der Waals surface area contributed by atoms with E-state index in [1.165, 1.54) is 6.33 Å². The molecule has 2 aromatic heterocycles. The SMILES string of the molecule is Nc1nc2c(ncn2[C@@H]2CO[C@@H]3COC(c4ccccc4)O[C@H]3[C@H]2OCCC=O)c(=O)[nH]1. The number of carbonyl (C=O) groups is 1.